The van der Waals surface area contributed by atoms with Crippen molar-refractivity contribution in [3.8, 4) is 22.8 Å². The quantitative estimate of drug-likeness (QED) is 0.0920. The molecule has 0 bridgehead atoms. The average Bonchev–Trinajstić information content (AvgIpc) is 3.96. The summed E-state index contributed by atoms with van der Waals surface area (Å²) in [7, 11) is 0. The van der Waals surface area contributed by atoms with Gasteiger partial charge in [0, 0.05) is 61.1 Å². The zero-order valence-corrected chi connectivity index (χ0v) is 32.0. The van der Waals surface area contributed by atoms with Gasteiger partial charge in [0.2, 0.25) is 0 Å². The number of hydrogen-bond donors (Lipinski definition) is 8. The number of aromatic nitrogens is 6. The van der Waals surface area contributed by atoms with Crippen LogP contribution in [-0.4, -0.2) is 147 Å². The van der Waals surface area contributed by atoms with Crippen LogP contribution in [0.3, 0.4) is 0 Å². The molecule has 8 rings (SSSR count). The SMILES string of the molecule is C.C.NC(CO)CO.Nc1ccc(-c2nc(N3CCOCC3)c3cccn3n2)cc1.O=C(Nc1ccc(-c2nc(N3CCOCC3)c3cccn3n2)cc1)NC(CO)CO. The van der Waals surface area contributed by atoms with Crippen molar-refractivity contribution in [3.05, 3.63) is 85.2 Å². The number of anilines is 4. The normalized spacial score (nSPS) is 13.8. The average molecular weight is 831 g/mol. The van der Waals surface area contributed by atoms with E-state index >= 15 is 0 Å². The maximum Gasteiger partial charge on any atom is 0.319 e. The summed E-state index contributed by atoms with van der Waals surface area (Å²) in [4.78, 5) is 26.0. The van der Waals surface area contributed by atoms with Crippen LogP contribution in [0, 0.1) is 0 Å². The number of aliphatic hydroxyl groups is 4. The third kappa shape index (κ3) is 12.1. The fourth-order valence-electron chi connectivity index (χ4n) is 5.99. The number of carbonyl (C=O) groups excluding carboxylic acids is 1. The molecule has 19 nitrogen and oxygen atoms in total. The second-order valence-electron chi connectivity index (χ2n) is 13.4. The number of nitrogens with zero attached hydrogens (tertiary/aromatic N) is 8. The lowest BCUT2D eigenvalue weighted by molar-refractivity contribution is 0.122. The highest BCUT2D eigenvalue weighted by atomic mass is 16.5. The van der Waals surface area contributed by atoms with E-state index in [9.17, 15) is 4.79 Å². The summed E-state index contributed by atoms with van der Waals surface area (Å²) in [5.74, 6) is 3.10. The fourth-order valence-corrected chi connectivity index (χ4v) is 5.99. The molecule has 60 heavy (non-hydrogen) atoms. The van der Waals surface area contributed by atoms with E-state index in [2.05, 4.69) is 30.6 Å². The van der Waals surface area contributed by atoms with Gasteiger partial charge in [-0.2, -0.15) is 0 Å². The molecule has 4 aromatic heterocycles. The third-order valence-corrected chi connectivity index (χ3v) is 9.18. The topological polar surface area (TPSA) is 259 Å². The van der Waals surface area contributed by atoms with Gasteiger partial charge in [-0.1, -0.05) is 14.9 Å². The smallest absolute Gasteiger partial charge is 0.319 e. The van der Waals surface area contributed by atoms with Crippen LogP contribution in [0.25, 0.3) is 33.8 Å². The Bertz CT molecular complexity index is 2180. The van der Waals surface area contributed by atoms with Crippen molar-refractivity contribution in [2.75, 3.05) is 99.9 Å². The highest BCUT2D eigenvalue weighted by molar-refractivity contribution is 5.89. The second-order valence-corrected chi connectivity index (χ2v) is 13.4. The lowest BCUT2D eigenvalue weighted by Crippen LogP contribution is -2.42. The number of aliphatic hydroxyl groups excluding tert-OH is 4. The lowest BCUT2D eigenvalue weighted by Gasteiger charge is -2.28. The Balaban J connectivity index is 0.000000233. The van der Waals surface area contributed by atoms with E-state index in [-0.39, 0.29) is 41.3 Å². The van der Waals surface area contributed by atoms with Crippen LogP contribution in [0.15, 0.2) is 85.2 Å². The Labute approximate surface area is 349 Å². The first-order chi connectivity index (χ1) is 28.3. The predicted molar refractivity (Wildman–Crippen MR) is 233 cm³/mol. The van der Waals surface area contributed by atoms with Crippen LogP contribution >= 0.6 is 0 Å². The zero-order chi connectivity index (χ0) is 40.9. The summed E-state index contributed by atoms with van der Waals surface area (Å²) in [6, 6.07) is 21.1. The summed E-state index contributed by atoms with van der Waals surface area (Å²) in [6.45, 7) is 5.08. The van der Waals surface area contributed by atoms with Gasteiger partial charge < -0.3 is 61.8 Å². The van der Waals surface area contributed by atoms with Gasteiger partial charge in [0.25, 0.3) is 0 Å². The molecule has 19 heteroatoms. The van der Waals surface area contributed by atoms with E-state index in [1.165, 1.54) is 0 Å². The van der Waals surface area contributed by atoms with Crippen LogP contribution < -0.4 is 31.9 Å². The molecular formula is C41H58N12O7. The third-order valence-electron chi connectivity index (χ3n) is 9.18. The summed E-state index contributed by atoms with van der Waals surface area (Å²) >= 11 is 0. The van der Waals surface area contributed by atoms with Gasteiger partial charge in [0.1, 0.15) is 11.0 Å². The van der Waals surface area contributed by atoms with Gasteiger partial charge in [0.15, 0.2) is 23.3 Å². The van der Waals surface area contributed by atoms with Crippen molar-refractivity contribution in [1.82, 2.24) is 34.5 Å². The van der Waals surface area contributed by atoms with Crippen LogP contribution in [0.2, 0.25) is 0 Å². The Morgan fingerprint density at radius 2 is 1.10 bits per heavy atom. The number of hydrogen-bond acceptors (Lipinski definition) is 15. The van der Waals surface area contributed by atoms with Crippen LogP contribution in [0.1, 0.15) is 14.9 Å². The maximum atomic E-state index is 11.9. The molecule has 324 valence electrons. The minimum atomic E-state index is -0.704. The van der Waals surface area contributed by atoms with Gasteiger partial charge >= 0.3 is 6.03 Å². The first kappa shape index (κ1) is 46.8. The molecule has 2 aromatic carbocycles. The number of morpholine rings is 2. The molecule has 2 saturated heterocycles. The van der Waals surface area contributed by atoms with Gasteiger partial charge in [0.05, 0.1) is 64.9 Å². The van der Waals surface area contributed by atoms with Crippen LogP contribution in [0.5, 0.6) is 0 Å². The molecule has 0 radical (unpaired) electrons. The molecular weight excluding hydrogens is 773 g/mol. The number of nitrogen functional groups attached to an aromatic ring is 1. The first-order valence-electron chi connectivity index (χ1n) is 18.9. The minimum absolute atomic E-state index is 0. The standard InChI is InChI=1S/C20H24N6O4.C16H17N5O.C3H9NO2.2CH4/c27-12-16(13-28)22-20(29)21-15-5-3-14(4-6-15)18-23-19(25-8-10-30-11-9-25)17-2-1-7-26(17)24-18;17-13-5-3-12(4-6-13)15-18-16(20-8-10-22-11-9-20)14-2-1-7-21(14)19-15;4-3(1-5)2-6;;/h1-7,16,27-28H,8-13H2,(H2,21,22,29);1-7H,8-11,17H2;3,5-6H,1-2,4H2;2*1H4. The Morgan fingerprint density at radius 3 is 1.50 bits per heavy atom. The molecule has 2 aliphatic heterocycles. The number of fused-ring (bicyclic) bond motifs is 2. The molecule has 6 aromatic rings. The summed E-state index contributed by atoms with van der Waals surface area (Å²) in [5, 5.41) is 48.6. The molecule has 2 aliphatic rings. The van der Waals surface area contributed by atoms with Gasteiger partial charge in [-0.05, 0) is 72.8 Å². The van der Waals surface area contributed by atoms with Crippen molar-refractivity contribution in [3.63, 3.8) is 0 Å². The lowest BCUT2D eigenvalue weighted by atomic mass is 10.2. The van der Waals surface area contributed by atoms with Crippen molar-refractivity contribution >= 4 is 40.1 Å². The summed E-state index contributed by atoms with van der Waals surface area (Å²) < 4.78 is 14.6. The molecule has 0 atom stereocenters. The number of urea groups is 1. The van der Waals surface area contributed by atoms with E-state index < -0.39 is 18.1 Å². The van der Waals surface area contributed by atoms with E-state index in [1.54, 1.807) is 12.1 Å². The van der Waals surface area contributed by atoms with E-state index in [0.717, 1.165) is 78.9 Å². The number of amides is 2. The van der Waals surface area contributed by atoms with Gasteiger partial charge in [-0.25, -0.2) is 23.8 Å². The highest BCUT2D eigenvalue weighted by Gasteiger charge is 2.20. The molecule has 2 amide bonds. The molecule has 6 heterocycles. The maximum absolute atomic E-state index is 11.9. The Morgan fingerprint density at radius 1 is 0.667 bits per heavy atom. The molecule has 2 fully saturated rings. The minimum Gasteiger partial charge on any atom is -0.399 e. The zero-order valence-electron chi connectivity index (χ0n) is 32.0. The Hall–Kier alpha value is -5.93. The highest BCUT2D eigenvalue weighted by Crippen LogP contribution is 2.27. The second kappa shape index (κ2) is 23.0. The van der Waals surface area contributed by atoms with Gasteiger partial charge in [-0.3, -0.25) is 0 Å². The molecule has 10 N–H and O–H groups in total. The number of nitrogens with two attached hydrogens (primary N) is 2. The van der Waals surface area contributed by atoms with E-state index in [0.29, 0.717) is 30.5 Å². The molecule has 0 aliphatic carbocycles. The molecule has 0 unspecified atom stereocenters. The molecule has 0 spiro atoms. The van der Waals surface area contributed by atoms with Crippen molar-refractivity contribution in [1.29, 1.82) is 0 Å². The van der Waals surface area contributed by atoms with Gasteiger partial charge in [-0.15, -0.1) is 10.2 Å². The van der Waals surface area contributed by atoms with E-state index in [4.69, 9.17) is 51.3 Å². The monoisotopic (exact) mass is 830 g/mol. The van der Waals surface area contributed by atoms with Crippen LogP contribution in [-0.2, 0) is 9.47 Å². The van der Waals surface area contributed by atoms with E-state index in [1.807, 2.05) is 82.1 Å². The number of ether oxygens (including phenoxy) is 2. The Kier molecular flexibility index (Phi) is 17.9. The van der Waals surface area contributed by atoms with Crippen molar-refractivity contribution in [2.24, 2.45) is 5.73 Å². The van der Waals surface area contributed by atoms with Crippen molar-refractivity contribution in [2.45, 2.75) is 26.9 Å². The van der Waals surface area contributed by atoms with Crippen LogP contribution in [0.4, 0.5) is 27.8 Å². The fraction of sp³-hybridized carbons (Fsp3) is 0.390. The largest absolute Gasteiger partial charge is 0.399 e. The molecule has 0 saturated carbocycles. The first-order valence-corrected chi connectivity index (χ1v) is 18.9. The summed E-state index contributed by atoms with van der Waals surface area (Å²) in [5.41, 5.74) is 15.8. The number of rotatable bonds is 10. The predicted octanol–water partition coefficient (Wildman–Crippen LogP) is 2.09. The number of benzene rings is 2. The van der Waals surface area contributed by atoms with Crippen molar-refractivity contribution < 1.29 is 34.7 Å². The number of nitrogens with one attached hydrogen (secondary N) is 2. The summed E-state index contributed by atoms with van der Waals surface area (Å²) in [6.07, 6.45) is 3.84. The number of carbonyl (C=O) groups is 1.